The van der Waals surface area contributed by atoms with Gasteiger partial charge in [0.05, 0.1) is 16.6 Å². The number of rotatable bonds is 4. The van der Waals surface area contributed by atoms with Gasteiger partial charge < -0.3 is 9.42 Å². The van der Waals surface area contributed by atoms with Crippen molar-refractivity contribution in [1.82, 2.24) is 24.9 Å². The van der Waals surface area contributed by atoms with Gasteiger partial charge in [-0.2, -0.15) is 0 Å². The Morgan fingerprint density at radius 3 is 2.71 bits per heavy atom. The minimum Gasteiger partial charge on any atom is -0.336 e. The molecule has 1 aliphatic rings. The van der Waals surface area contributed by atoms with Crippen LogP contribution in [0, 0.1) is 6.92 Å². The van der Waals surface area contributed by atoms with E-state index in [2.05, 4.69) is 39.9 Å². The summed E-state index contributed by atoms with van der Waals surface area (Å²) in [5, 5.41) is 4.75. The standard InChI is InChI=1S/C21H25N5O2/c1-14(2)18-11-17(19-15(3)24-28-20(19)23-18)21(27)26-9-7-25(8-10-26)13-16-5-4-6-22-12-16/h4-6,11-12,14H,7-10,13H2,1-3H3. The zero-order chi connectivity index (χ0) is 19.7. The first kappa shape index (κ1) is 18.6. The van der Waals surface area contributed by atoms with Gasteiger partial charge in [-0.25, -0.2) is 4.98 Å². The predicted octanol–water partition coefficient (Wildman–Crippen LogP) is 3.01. The third kappa shape index (κ3) is 3.62. The molecule has 0 aliphatic carbocycles. The molecule has 7 heteroatoms. The average Bonchev–Trinajstić information content (AvgIpc) is 3.09. The van der Waals surface area contributed by atoms with Crippen molar-refractivity contribution in [3.8, 4) is 0 Å². The van der Waals surface area contributed by atoms with E-state index in [0.29, 0.717) is 30.1 Å². The first-order valence-corrected chi connectivity index (χ1v) is 9.70. The second-order valence-electron chi connectivity index (χ2n) is 7.63. The lowest BCUT2D eigenvalue weighted by molar-refractivity contribution is 0.0630. The SMILES string of the molecule is Cc1noc2nc(C(C)C)cc(C(=O)N3CCN(Cc4cccnc4)CC3)c12. The normalized spacial score (nSPS) is 15.5. The maximum Gasteiger partial charge on any atom is 0.259 e. The van der Waals surface area contributed by atoms with E-state index in [9.17, 15) is 4.79 Å². The molecular formula is C21H25N5O2. The lowest BCUT2D eigenvalue weighted by Crippen LogP contribution is -2.48. The molecule has 1 amide bonds. The molecule has 4 heterocycles. The Morgan fingerprint density at radius 1 is 1.25 bits per heavy atom. The highest BCUT2D eigenvalue weighted by Crippen LogP contribution is 2.26. The van der Waals surface area contributed by atoms with Gasteiger partial charge in [0.2, 0.25) is 0 Å². The monoisotopic (exact) mass is 379 g/mol. The first-order chi connectivity index (χ1) is 13.5. The van der Waals surface area contributed by atoms with Crippen LogP contribution in [0.2, 0.25) is 0 Å². The highest BCUT2D eigenvalue weighted by atomic mass is 16.5. The number of hydrogen-bond acceptors (Lipinski definition) is 6. The summed E-state index contributed by atoms with van der Waals surface area (Å²) in [5.74, 6) is 0.235. The second-order valence-corrected chi connectivity index (χ2v) is 7.63. The van der Waals surface area contributed by atoms with E-state index in [4.69, 9.17) is 4.52 Å². The van der Waals surface area contributed by atoms with Gasteiger partial charge in [-0.1, -0.05) is 25.1 Å². The van der Waals surface area contributed by atoms with Gasteiger partial charge in [0.25, 0.3) is 11.6 Å². The molecule has 28 heavy (non-hydrogen) atoms. The van der Waals surface area contributed by atoms with Gasteiger partial charge in [0, 0.05) is 50.8 Å². The molecule has 1 aliphatic heterocycles. The summed E-state index contributed by atoms with van der Waals surface area (Å²) in [4.78, 5) is 26.3. The fraction of sp³-hybridized carbons (Fsp3) is 0.429. The number of pyridine rings is 2. The molecule has 3 aromatic rings. The van der Waals surface area contributed by atoms with E-state index in [-0.39, 0.29) is 11.8 Å². The van der Waals surface area contributed by atoms with Crippen LogP contribution >= 0.6 is 0 Å². The van der Waals surface area contributed by atoms with Gasteiger partial charge in [-0.3, -0.25) is 14.7 Å². The van der Waals surface area contributed by atoms with Gasteiger partial charge in [-0.15, -0.1) is 0 Å². The van der Waals surface area contributed by atoms with Crippen LogP contribution in [0.15, 0.2) is 35.1 Å². The van der Waals surface area contributed by atoms with Crippen LogP contribution in [0.1, 0.15) is 47.1 Å². The maximum absolute atomic E-state index is 13.3. The Hall–Kier alpha value is -2.80. The predicted molar refractivity (Wildman–Crippen MR) is 106 cm³/mol. The number of amides is 1. The summed E-state index contributed by atoms with van der Waals surface area (Å²) < 4.78 is 5.36. The third-order valence-electron chi connectivity index (χ3n) is 5.25. The molecular weight excluding hydrogens is 354 g/mol. The summed E-state index contributed by atoms with van der Waals surface area (Å²) in [6.45, 7) is 9.91. The van der Waals surface area contributed by atoms with Crippen molar-refractivity contribution < 1.29 is 9.32 Å². The Balaban J connectivity index is 1.52. The summed E-state index contributed by atoms with van der Waals surface area (Å²) in [7, 11) is 0. The number of aryl methyl sites for hydroxylation is 1. The van der Waals surface area contributed by atoms with Crippen molar-refractivity contribution in [1.29, 1.82) is 0 Å². The van der Waals surface area contributed by atoms with Crippen molar-refractivity contribution in [3.63, 3.8) is 0 Å². The number of nitrogens with zero attached hydrogens (tertiary/aromatic N) is 5. The van der Waals surface area contributed by atoms with Crippen molar-refractivity contribution in [2.24, 2.45) is 0 Å². The molecule has 0 spiro atoms. The molecule has 0 atom stereocenters. The molecule has 0 radical (unpaired) electrons. The number of hydrogen-bond donors (Lipinski definition) is 0. The number of fused-ring (bicyclic) bond motifs is 1. The van der Waals surface area contributed by atoms with Gasteiger partial charge in [-0.05, 0) is 30.5 Å². The van der Waals surface area contributed by atoms with E-state index in [1.54, 1.807) is 6.20 Å². The smallest absolute Gasteiger partial charge is 0.259 e. The molecule has 0 saturated carbocycles. The molecule has 4 rings (SSSR count). The van der Waals surface area contributed by atoms with Gasteiger partial charge >= 0.3 is 0 Å². The highest BCUT2D eigenvalue weighted by Gasteiger charge is 2.26. The van der Waals surface area contributed by atoms with Crippen molar-refractivity contribution in [3.05, 3.63) is 53.1 Å². The van der Waals surface area contributed by atoms with Crippen molar-refractivity contribution >= 4 is 17.0 Å². The topological polar surface area (TPSA) is 75.4 Å². The number of aromatic nitrogens is 3. The summed E-state index contributed by atoms with van der Waals surface area (Å²) in [6.07, 6.45) is 3.68. The van der Waals surface area contributed by atoms with Crippen LogP contribution in [-0.4, -0.2) is 57.0 Å². The Bertz CT molecular complexity index is 975. The van der Waals surface area contributed by atoms with Crippen LogP contribution in [-0.2, 0) is 6.54 Å². The Labute approximate surface area is 164 Å². The third-order valence-corrected chi connectivity index (χ3v) is 5.25. The fourth-order valence-electron chi connectivity index (χ4n) is 3.61. The van der Waals surface area contributed by atoms with Crippen molar-refractivity contribution in [2.45, 2.75) is 33.2 Å². The zero-order valence-corrected chi connectivity index (χ0v) is 16.6. The lowest BCUT2D eigenvalue weighted by atomic mass is 10.0. The number of carbonyl (C=O) groups is 1. The van der Waals surface area contributed by atoms with E-state index >= 15 is 0 Å². The van der Waals surface area contributed by atoms with Gasteiger partial charge in [0.1, 0.15) is 0 Å². The van der Waals surface area contributed by atoms with Crippen LogP contribution in [0.25, 0.3) is 11.1 Å². The average molecular weight is 379 g/mol. The first-order valence-electron chi connectivity index (χ1n) is 9.70. The van der Waals surface area contributed by atoms with Gasteiger partial charge in [0.15, 0.2) is 0 Å². The zero-order valence-electron chi connectivity index (χ0n) is 16.6. The number of carbonyl (C=O) groups excluding carboxylic acids is 1. The minimum atomic E-state index is 0.0293. The molecule has 7 nitrogen and oxygen atoms in total. The largest absolute Gasteiger partial charge is 0.336 e. The van der Waals surface area contributed by atoms with E-state index in [0.717, 1.165) is 30.7 Å². The van der Waals surface area contributed by atoms with E-state index in [1.165, 1.54) is 5.56 Å². The van der Waals surface area contributed by atoms with Crippen LogP contribution in [0.4, 0.5) is 0 Å². The maximum atomic E-state index is 13.3. The Kier molecular flexibility index (Phi) is 5.09. The molecule has 0 aromatic carbocycles. The molecule has 0 N–H and O–H groups in total. The molecule has 0 bridgehead atoms. The molecule has 1 fully saturated rings. The summed E-state index contributed by atoms with van der Waals surface area (Å²) in [6, 6.07) is 5.94. The molecule has 146 valence electrons. The molecule has 1 saturated heterocycles. The number of piperazine rings is 1. The fourth-order valence-corrected chi connectivity index (χ4v) is 3.61. The van der Waals surface area contributed by atoms with E-state index in [1.807, 2.05) is 30.2 Å². The minimum absolute atomic E-state index is 0.0293. The highest BCUT2D eigenvalue weighted by molar-refractivity contribution is 6.06. The summed E-state index contributed by atoms with van der Waals surface area (Å²) in [5.41, 5.74) is 3.84. The van der Waals surface area contributed by atoms with Crippen LogP contribution in [0.3, 0.4) is 0 Å². The Morgan fingerprint density at radius 2 is 2.04 bits per heavy atom. The second kappa shape index (κ2) is 7.67. The molecule has 0 unspecified atom stereocenters. The van der Waals surface area contributed by atoms with E-state index < -0.39 is 0 Å². The summed E-state index contributed by atoms with van der Waals surface area (Å²) >= 11 is 0. The van der Waals surface area contributed by atoms with Crippen LogP contribution < -0.4 is 0 Å². The lowest BCUT2D eigenvalue weighted by Gasteiger charge is -2.34. The van der Waals surface area contributed by atoms with Crippen molar-refractivity contribution in [2.75, 3.05) is 26.2 Å². The van der Waals surface area contributed by atoms with Crippen LogP contribution in [0.5, 0.6) is 0 Å². The molecule has 3 aromatic heterocycles. The quantitative estimate of drug-likeness (QED) is 0.694.